The van der Waals surface area contributed by atoms with Crippen molar-refractivity contribution in [2.45, 2.75) is 11.8 Å². The number of thiocarbonyl (C=S) groups is 1. The van der Waals surface area contributed by atoms with Gasteiger partial charge in [0.05, 0.1) is 10.6 Å². The molecular weight excluding hydrogens is 391 g/mol. The van der Waals surface area contributed by atoms with E-state index in [0.717, 1.165) is 0 Å². The second-order valence-electron chi connectivity index (χ2n) is 5.51. The van der Waals surface area contributed by atoms with Crippen molar-refractivity contribution in [3.63, 3.8) is 0 Å². The molecular formula is C17H15FN4O3S2. The second-order valence-corrected chi connectivity index (χ2v) is 7.60. The number of hydrogen-bond donors (Lipinski definition) is 3. The summed E-state index contributed by atoms with van der Waals surface area (Å²) in [7, 11) is -3.80. The van der Waals surface area contributed by atoms with Crippen molar-refractivity contribution in [3.8, 4) is 0 Å². The minimum absolute atomic E-state index is 0.0432. The number of benzene rings is 2. The van der Waals surface area contributed by atoms with Crippen molar-refractivity contribution in [1.82, 2.24) is 5.16 Å². The quantitative estimate of drug-likeness (QED) is 0.556. The predicted octanol–water partition coefficient (Wildman–Crippen LogP) is 3.73. The Morgan fingerprint density at radius 3 is 2.44 bits per heavy atom. The molecule has 0 aliphatic heterocycles. The van der Waals surface area contributed by atoms with E-state index in [1.54, 1.807) is 25.1 Å². The maximum Gasteiger partial charge on any atom is 0.263 e. The third-order valence-electron chi connectivity index (χ3n) is 3.41. The first-order valence-electron chi connectivity index (χ1n) is 7.72. The topological polar surface area (TPSA) is 96.3 Å². The lowest BCUT2D eigenvalue weighted by atomic mass is 10.3. The summed E-state index contributed by atoms with van der Waals surface area (Å²) in [6, 6.07) is 13.5. The molecule has 0 saturated carbocycles. The number of nitrogens with zero attached hydrogens (tertiary/aromatic N) is 1. The Labute approximate surface area is 160 Å². The average Bonchev–Trinajstić information content (AvgIpc) is 3.01. The van der Waals surface area contributed by atoms with Crippen LogP contribution in [-0.2, 0) is 10.0 Å². The smallest absolute Gasteiger partial charge is 0.263 e. The Morgan fingerprint density at radius 2 is 1.81 bits per heavy atom. The zero-order valence-corrected chi connectivity index (χ0v) is 15.7. The molecule has 0 spiro atoms. The van der Waals surface area contributed by atoms with E-state index in [-0.39, 0.29) is 21.5 Å². The lowest BCUT2D eigenvalue weighted by Crippen LogP contribution is -2.20. The van der Waals surface area contributed by atoms with Crippen molar-refractivity contribution < 1.29 is 17.3 Å². The summed E-state index contributed by atoms with van der Waals surface area (Å²) in [6.07, 6.45) is 0. The van der Waals surface area contributed by atoms with Gasteiger partial charge >= 0.3 is 0 Å². The number of anilines is 3. The second kappa shape index (κ2) is 7.72. The van der Waals surface area contributed by atoms with E-state index in [0.29, 0.717) is 11.4 Å². The maximum absolute atomic E-state index is 13.6. The third kappa shape index (κ3) is 4.80. The normalized spacial score (nSPS) is 11.0. The highest BCUT2D eigenvalue weighted by Crippen LogP contribution is 2.19. The molecule has 1 heterocycles. The monoisotopic (exact) mass is 406 g/mol. The molecule has 3 aromatic rings. The van der Waals surface area contributed by atoms with Crippen LogP contribution in [0.4, 0.5) is 21.6 Å². The molecule has 3 rings (SSSR count). The van der Waals surface area contributed by atoms with Gasteiger partial charge < -0.3 is 15.2 Å². The van der Waals surface area contributed by atoms with Crippen LogP contribution in [-0.4, -0.2) is 18.7 Å². The molecule has 27 heavy (non-hydrogen) atoms. The highest BCUT2D eigenvalue weighted by molar-refractivity contribution is 7.92. The summed E-state index contributed by atoms with van der Waals surface area (Å²) in [5.74, 6) is 0.158. The number of halogens is 1. The summed E-state index contributed by atoms with van der Waals surface area (Å²) in [4.78, 5) is 0.0432. The molecule has 1 aromatic heterocycles. The first kappa shape index (κ1) is 18.8. The average molecular weight is 406 g/mol. The van der Waals surface area contributed by atoms with Gasteiger partial charge in [-0.25, -0.2) is 12.8 Å². The molecule has 0 atom stereocenters. The molecule has 0 bridgehead atoms. The summed E-state index contributed by atoms with van der Waals surface area (Å²) >= 11 is 5.13. The molecule has 0 unspecified atom stereocenters. The fourth-order valence-corrected chi connectivity index (χ4v) is 3.39. The van der Waals surface area contributed by atoms with Gasteiger partial charge in [-0.1, -0.05) is 17.3 Å². The number of para-hydroxylation sites is 1. The fourth-order valence-electron chi connectivity index (χ4n) is 2.18. The van der Waals surface area contributed by atoms with Gasteiger partial charge in [-0.05, 0) is 55.5 Å². The molecule has 0 aliphatic carbocycles. The van der Waals surface area contributed by atoms with Gasteiger partial charge in [-0.15, -0.1) is 0 Å². The van der Waals surface area contributed by atoms with E-state index >= 15 is 0 Å². The van der Waals surface area contributed by atoms with Crippen molar-refractivity contribution in [2.24, 2.45) is 0 Å². The van der Waals surface area contributed by atoms with Gasteiger partial charge in [-0.3, -0.25) is 4.72 Å². The molecule has 0 fully saturated rings. The Hall–Kier alpha value is -2.98. The molecule has 3 N–H and O–H groups in total. The van der Waals surface area contributed by atoms with E-state index in [1.807, 2.05) is 0 Å². The molecule has 7 nitrogen and oxygen atoms in total. The lowest BCUT2D eigenvalue weighted by molar-refractivity contribution is 0.400. The van der Waals surface area contributed by atoms with Gasteiger partial charge in [0.25, 0.3) is 10.0 Å². The molecule has 2 aromatic carbocycles. The highest BCUT2D eigenvalue weighted by Gasteiger charge is 2.16. The predicted molar refractivity (Wildman–Crippen MR) is 105 cm³/mol. The first-order valence-corrected chi connectivity index (χ1v) is 9.61. The minimum Gasteiger partial charge on any atom is -0.360 e. The number of rotatable bonds is 5. The van der Waals surface area contributed by atoms with Gasteiger partial charge in [0.15, 0.2) is 10.9 Å². The van der Waals surface area contributed by atoms with E-state index in [9.17, 15) is 12.8 Å². The van der Waals surface area contributed by atoms with E-state index in [4.69, 9.17) is 16.7 Å². The van der Waals surface area contributed by atoms with Gasteiger partial charge in [0.1, 0.15) is 11.6 Å². The Morgan fingerprint density at radius 1 is 1.11 bits per heavy atom. The number of nitrogens with one attached hydrogen (secondary N) is 3. The highest BCUT2D eigenvalue weighted by atomic mass is 32.2. The summed E-state index contributed by atoms with van der Waals surface area (Å²) in [5, 5.41) is 9.36. The van der Waals surface area contributed by atoms with E-state index < -0.39 is 15.8 Å². The molecule has 0 radical (unpaired) electrons. The number of aromatic nitrogens is 1. The van der Waals surface area contributed by atoms with Crippen LogP contribution in [0.1, 0.15) is 5.76 Å². The molecule has 0 aliphatic rings. The lowest BCUT2D eigenvalue weighted by Gasteiger charge is -2.12. The van der Waals surface area contributed by atoms with E-state index in [2.05, 4.69) is 20.5 Å². The third-order valence-corrected chi connectivity index (χ3v) is 4.99. The molecule has 10 heteroatoms. The van der Waals surface area contributed by atoms with Crippen molar-refractivity contribution >= 4 is 44.5 Å². The standard InChI is InChI=1S/C17H15FN4O3S2/c1-11-10-16(21-25-11)22-27(23,24)13-8-6-12(7-9-13)19-17(26)20-15-5-3-2-4-14(15)18/h2-10H,1H3,(H,21,22)(H2,19,20,26). The number of sulfonamides is 1. The zero-order chi connectivity index (χ0) is 19.4. The van der Waals surface area contributed by atoms with Gasteiger partial charge in [-0.2, -0.15) is 0 Å². The van der Waals surface area contributed by atoms with Crippen LogP contribution < -0.4 is 15.4 Å². The Bertz CT molecular complexity index is 1070. The number of aryl methyl sites for hydroxylation is 1. The van der Waals surface area contributed by atoms with Crippen molar-refractivity contribution in [2.75, 3.05) is 15.4 Å². The SMILES string of the molecule is Cc1cc(NS(=O)(=O)c2ccc(NC(=S)Nc3ccccc3F)cc2)no1. The van der Waals surface area contributed by atoms with Crippen molar-refractivity contribution in [1.29, 1.82) is 0 Å². The summed E-state index contributed by atoms with van der Waals surface area (Å²) in [6.45, 7) is 1.66. The molecule has 0 amide bonds. The van der Waals surface area contributed by atoms with Crippen LogP contribution in [0.2, 0.25) is 0 Å². The Kier molecular flexibility index (Phi) is 5.38. The summed E-state index contributed by atoms with van der Waals surface area (Å²) < 4.78 is 45.4. The largest absolute Gasteiger partial charge is 0.360 e. The maximum atomic E-state index is 13.6. The molecule has 140 valence electrons. The first-order chi connectivity index (χ1) is 12.8. The Balaban J connectivity index is 1.66. The van der Waals surface area contributed by atoms with E-state index in [1.165, 1.54) is 36.4 Å². The van der Waals surface area contributed by atoms with Crippen LogP contribution in [0.25, 0.3) is 0 Å². The van der Waals surface area contributed by atoms with Crippen LogP contribution in [0.3, 0.4) is 0 Å². The summed E-state index contributed by atoms with van der Waals surface area (Å²) in [5.41, 5.74) is 0.779. The van der Waals surface area contributed by atoms with Crippen LogP contribution in [0.5, 0.6) is 0 Å². The molecule has 0 saturated heterocycles. The minimum atomic E-state index is -3.80. The van der Waals surface area contributed by atoms with Gasteiger partial charge in [0.2, 0.25) is 0 Å². The number of hydrogen-bond acceptors (Lipinski definition) is 5. The van der Waals surface area contributed by atoms with Crippen LogP contribution in [0.15, 0.2) is 64.0 Å². The fraction of sp³-hybridized carbons (Fsp3) is 0.0588. The van der Waals surface area contributed by atoms with Crippen LogP contribution >= 0.6 is 12.2 Å². The zero-order valence-electron chi connectivity index (χ0n) is 14.1. The van der Waals surface area contributed by atoms with Crippen molar-refractivity contribution in [3.05, 3.63) is 66.2 Å². The van der Waals surface area contributed by atoms with Crippen LogP contribution in [0, 0.1) is 12.7 Å². The van der Waals surface area contributed by atoms with Gasteiger partial charge in [0, 0.05) is 11.8 Å².